The van der Waals surface area contributed by atoms with Gasteiger partial charge >= 0.3 is 0 Å². The number of Topliss-reactive ketones (excluding diaryl/α,β-unsaturated/α-hetero) is 1. The summed E-state index contributed by atoms with van der Waals surface area (Å²) >= 11 is 6.31. The highest BCUT2D eigenvalue weighted by Crippen LogP contribution is 2.44. The maximum absolute atomic E-state index is 13.2. The van der Waals surface area contributed by atoms with Crippen molar-refractivity contribution in [2.75, 3.05) is 12.0 Å². The minimum atomic E-state index is -0.234. The van der Waals surface area contributed by atoms with Crippen LogP contribution in [0, 0.1) is 6.92 Å². The Kier molecular flexibility index (Phi) is 4.98. The zero-order valence-corrected chi connectivity index (χ0v) is 16.8. The van der Waals surface area contributed by atoms with Crippen LogP contribution in [-0.4, -0.2) is 18.8 Å². The minimum absolute atomic E-state index is 0.0128. The Balaban J connectivity index is 1.85. The molecule has 5 heteroatoms. The van der Waals surface area contributed by atoms with E-state index in [1.54, 1.807) is 12.0 Å². The average molecular weight is 396 g/mol. The first-order chi connectivity index (χ1) is 13.5. The van der Waals surface area contributed by atoms with Gasteiger partial charge in [0.05, 0.1) is 12.8 Å². The number of benzene rings is 2. The molecule has 0 spiro atoms. The van der Waals surface area contributed by atoms with Gasteiger partial charge in [0.2, 0.25) is 5.91 Å². The van der Waals surface area contributed by atoms with Crippen LogP contribution in [0.25, 0.3) is 0 Å². The monoisotopic (exact) mass is 395 g/mol. The fourth-order valence-corrected chi connectivity index (χ4v) is 4.33. The van der Waals surface area contributed by atoms with E-state index in [0.29, 0.717) is 17.9 Å². The lowest BCUT2D eigenvalue weighted by molar-refractivity contribution is -0.119. The number of ether oxygens (including phenoxy) is 1. The number of hydrogen-bond acceptors (Lipinski definition) is 3. The summed E-state index contributed by atoms with van der Waals surface area (Å²) < 4.78 is 5.34. The first-order valence-corrected chi connectivity index (χ1v) is 9.86. The number of nitrogens with zero attached hydrogens (tertiary/aromatic N) is 1. The summed E-state index contributed by atoms with van der Waals surface area (Å²) in [6.07, 6.45) is 2.24. The van der Waals surface area contributed by atoms with Gasteiger partial charge in [0.25, 0.3) is 0 Å². The Morgan fingerprint density at radius 1 is 1.11 bits per heavy atom. The molecule has 2 aliphatic rings. The number of carbonyl (C=O) groups excluding carboxylic acids is 2. The standard InChI is InChI=1S/C23H22ClNO3/c1-14-9-10-16(12-19(14)24)25-20-7-4-8-21(26)23(20)18(13-22(25)27)15-5-3-6-17(11-15)28-2/h3,5-6,9-12,18H,4,7-8,13H2,1-2H3. The second-order valence-electron chi connectivity index (χ2n) is 7.33. The van der Waals surface area contributed by atoms with Crippen LogP contribution in [-0.2, 0) is 9.59 Å². The van der Waals surface area contributed by atoms with Crippen LogP contribution in [0.15, 0.2) is 53.7 Å². The molecule has 1 heterocycles. The molecule has 144 valence electrons. The molecule has 2 aromatic carbocycles. The number of methoxy groups -OCH3 is 1. The molecule has 0 aromatic heterocycles. The van der Waals surface area contributed by atoms with Crippen LogP contribution in [0.5, 0.6) is 5.75 Å². The molecular formula is C23H22ClNO3. The van der Waals surface area contributed by atoms with Gasteiger partial charge in [-0.25, -0.2) is 0 Å². The fourth-order valence-electron chi connectivity index (χ4n) is 4.16. The van der Waals surface area contributed by atoms with Crippen LogP contribution in [0.1, 0.15) is 42.7 Å². The van der Waals surface area contributed by atoms with Crippen molar-refractivity contribution >= 4 is 29.0 Å². The van der Waals surface area contributed by atoms with Crippen LogP contribution in [0.4, 0.5) is 5.69 Å². The SMILES string of the molecule is COc1cccc(C2CC(=O)N(c3ccc(C)c(Cl)c3)C3=C2C(=O)CCC3)c1. The molecule has 0 fully saturated rings. The molecule has 0 saturated heterocycles. The maximum Gasteiger partial charge on any atom is 0.232 e. The van der Waals surface area contributed by atoms with Gasteiger partial charge in [-0.3, -0.25) is 14.5 Å². The Bertz CT molecular complexity index is 995. The third kappa shape index (κ3) is 3.22. The van der Waals surface area contributed by atoms with Crippen molar-refractivity contribution in [1.82, 2.24) is 0 Å². The van der Waals surface area contributed by atoms with E-state index in [9.17, 15) is 9.59 Å². The maximum atomic E-state index is 13.2. The first-order valence-electron chi connectivity index (χ1n) is 9.49. The number of anilines is 1. The van der Waals surface area contributed by atoms with Gasteiger partial charge in [-0.2, -0.15) is 0 Å². The van der Waals surface area contributed by atoms with Crippen LogP contribution in [0.3, 0.4) is 0 Å². The van der Waals surface area contributed by atoms with E-state index in [1.165, 1.54) is 0 Å². The van der Waals surface area contributed by atoms with Gasteiger partial charge in [0.15, 0.2) is 5.78 Å². The van der Waals surface area contributed by atoms with Crippen molar-refractivity contribution in [2.45, 2.75) is 38.5 Å². The molecule has 1 aliphatic heterocycles. The zero-order chi connectivity index (χ0) is 19.8. The summed E-state index contributed by atoms with van der Waals surface area (Å²) in [5, 5.41) is 0.615. The Hall–Kier alpha value is -2.59. The normalized spacial score (nSPS) is 19.7. The fraction of sp³-hybridized carbons (Fsp3) is 0.304. The highest BCUT2D eigenvalue weighted by atomic mass is 35.5. The van der Waals surface area contributed by atoms with Crippen molar-refractivity contribution in [3.8, 4) is 5.75 Å². The summed E-state index contributed by atoms with van der Waals surface area (Å²) in [7, 11) is 1.62. The third-order valence-corrected chi connectivity index (χ3v) is 5.99. The van der Waals surface area contributed by atoms with E-state index in [1.807, 2.05) is 49.4 Å². The summed E-state index contributed by atoms with van der Waals surface area (Å²) in [6, 6.07) is 13.3. The lowest BCUT2D eigenvalue weighted by atomic mass is 9.77. The Morgan fingerprint density at radius 2 is 1.93 bits per heavy atom. The van der Waals surface area contributed by atoms with Gasteiger partial charge < -0.3 is 4.74 Å². The number of aryl methyl sites for hydroxylation is 1. The van der Waals surface area contributed by atoms with Gasteiger partial charge in [-0.1, -0.05) is 29.8 Å². The second kappa shape index (κ2) is 7.44. The number of amides is 1. The molecule has 0 N–H and O–H groups in total. The van der Waals surface area contributed by atoms with Crippen molar-refractivity contribution in [3.05, 3.63) is 69.9 Å². The summed E-state index contributed by atoms with van der Waals surface area (Å²) in [5.41, 5.74) is 4.21. The predicted molar refractivity (Wildman–Crippen MR) is 110 cm³/mol. The highest BCUT2D eigenvalue weighted by molar-refractivity contribution is 6.31. The molecule has 4 rings (SSSR count). The van der Waals surface area contributed by atoms with E-state index in [2.05, 4.69) is 0 Å². The Morgan fingerprint density at radius 3 is 2.68 bits per heavy atom. The lowest BCUT2D eigenvalue weighted by Crippen LogP contribution is -2.40. The number of allylic oxidation sites excluding steroid dienone is 2. The number of hydrogen-bond donors (Lipinski definition) is 0. The smallest absolute Gasteiger partial charge is 0.232 e. The highest BCUT2D eigenvalue weighted by Gasteiger charge is 2.39. The summed E-state index contributed by atoms with van der Waals surface area (Å²) in [5.74, 6) is 0.608. The van der Waals surface area contributed by atoms with Gasteiger partial charge in [0, 0.05) is 35.1 Å². The lowest BCUT2D eigenvalue weighted by Gasteiger charge is -2.38. The minimum Gasteiger partial charge on any atom is -0.497 e. The second-order valence-corrected chi connectivity index (χ2v) is 7.74. The predicted octanol–water partition coefficient (Wildman–Crippen LogP) is 5.18. The molecule has 1 amide bonds. The van der Waals surface area contributed by atoms with Crippen molar-refractivity contribution in [1.29, 1.82) is 0 Å². The van der Waals surface area contributed by atoms with Crippen molar-refractivity contribution in [2.24, 2.45) is 0 Å². The molecule has 28 heavy (non-hydrogen) atoms. The topological polar surface area (TPSA) is 46.6 Å². The van der Waals surface area contributed by atoms with Gasteiger partial charge in [0.1, 0.15) is 5.75 Å². The van der Waals surface area contributed by atoms with Crippen molar-refractivity contribution in [3.63, 3.8) is 0 Å². The van der Waals surface area contributed by atoms with Crippen LogP contribution < -0.4 is 9.64 Å². The first kappa shape index (κ1) is 18.8. The Labute approximate surface area is 169 Å². The molecule has 4 nitrogen and oxygen atoms in total. The van der Waals surface area contributed by atoms with E-state index < -0.39 is 0 Å². The van der Waals surface area contributed by atoms with Gasteiger partial charge in [-0.05, 0) is 55.2 Å². The number of carbonyl (C=O) groups is 2. The van der Waals surface area contributed by atoms with E-state index in [0.717, 1.165) is 40.3 Å². The largest absolute Gasteiger partial charge is 0.497 e. The van der Waals surface area contributed by atoms with E-state index in [4.69, 9.17) is 16.3 Å². The van der Waals surface area contributed by atoms with Crippen LogP contribution in [0.2, 0.25) is 5.02 Å². The third-order valence-electron chi connectivity index (χ3n) is 5.59. The van der Waals surface area contributed by atoms with E-state index in [-0.39, 0.29) is 24.0 Å². The molecular weight excluding hydrogens is 374 g/mol. The molecule has 1 atom stereocenters. The van der Waals surface area contributed by atoms with E-state index >= 15 is 0 Å². The quantitative estimate of drug-likeness (QED) is 0.718. The zero-order valence-electron chi connectivity index (χ0n) is 16.0. The van der Waals surface area contributed by atoms with Crippen molar-refractivity contribution < 1.29 is 14.3 Å². The summed E-state index contributed by atoms with van der Waals surface area (Å²) in [6.45, 7) is 1.93. The van der Waals surface area contributed by atoms with Crippen LogP contribution >= 0.6 is 11.6 Å². The van der Waals surface area contributed by atoms with Gasteiger partial charge in [-0.15, -0.1) is 0 Å². The number of rotatable bonds is 3. The number of halogens is 1. The molecule has 2 aromatic rings. The molecule has 0 bridgehead atoms. The number of ketones is 1. The molecule has 1 unspecified atom stereocenters. The average Bonchev–Trinajstić information content (AvgIpc) is 2.70. The molecule has 0 radical (unpaired) electrons. The molecule has 0 saturated carbocycles. The molecule has 1 aliphatic carbocycles. The summed E-state index contributed by atoms with van der Waals surface area (Å²) in [4.78, 5) is 27.8.